The molecule has 0 amide bonds. The van der Waals surface area contributed by atoms with Gasteiger partial charge in [-0.2, -0.15) is 17.4 Å². The van der Waals surface area contributed by atoms with E-state index < -0.39 is 10.2 Å². The molecule has 2 fully saturated rings. The van der Waals surface area contributed by atoms with Crippen molar-refractivity contribution in [2.24, 2.45) is 5.92 Å². The Balaban J connectivity index is 1.84. The first-order chi connectivity index (χ1) is 9.51. The summed E-state index contributed by atoms with van der Waals surface area (Å²) < 4.78 is 34.7. The van der Waals surface area contributed by atoms with Gasteiger partial charge in [-0.25, -0.2) is 0 Å². The molecule has 0 aromatic heterocycles. The molecule has 0 saturated carbocycles. The number of hydrogen-bond acceptors (Lipinski definition) is 4. The first-order valence-corrected chi connectivity index (χ1v) is 8.99. The number of nitrogens with zero attached hydrogens (tertiary/aromatic N) is 1. The number of rotatable bonds is 5. The van der Waals surface area contributed by atoms with Gasteiger partial charge in [0.15, 0.2) is 0 Å². The van der Waals surface area contributed by atoms with Gasteiger partial charge in [0.2, 0.25) is 0 Å². The van der Waals surface area contributed by atoms with E-state index in [1.807, 2.05) is 14.0 Å². The van der Waals surface area contributed by atoms with E-state index in [9.17, 15) is 8.42 Å². The van der Waals surface area contributed by atoms with Crippen LogP contribution in [0.25, 0.3) is 0 Å². The first-order valence-electron chi connectivity index (χ1n) is 7.55. The molecule has 0 aliphatic carbocycles. The third-order valence-corrected chi connectivity index (χ3v) is 5.88. The van der Waals surface area contributed by atoms with Crippen LogP contribution < -0.4 is 10.0 Å². The van der Waals surface area contributed by atoms with Crippen molar-refractivity contribution >= 4 is 10.2 Å². The SMILES string of the molecule is CNCC1CCN(S(=O)(=O)NC2CCOC(C)C2)CC1. The topological polar surface area (TPSA) is 70.7 Å². The molecule has 0 aromatic carbocycles. The maximum atomic E-state index is 12.4. The van der Waals surface area contributed by atoms with Crippen LogP contribution in [0.5, 0.6) is 0 Å². The number of piperidine rings is 1. The Labute approximate surface area is 122 Å². The molecule has 20 heavy (non-hydrogen) atoms. The van der Waals surface area contributed by atoms with E-state index in [4.69, 9.17) is 4.74 Å². The van der Waals surface area contributed by atoms with E-state index in [-0.39, 0.29) is 12.1 Å². The van der Waals surface area contributed by atoms with E-state index in [2.05, 4.69) is 10.0 Å². The molecule has 2 aliphatic rings. The molecule has 118 valence electrons. The zero-order valence-electron chi connectivity index (χ0n) is 12.5. The second kappa shape index (κ2) is 7.17. The zero-order valence-corrected chi connectivity index (χ0v) is 13.3. The van der Waals surface area contributed by atoms with Crippen LogP contribution in [-0.4, -0.2) is 58.2 Å². The van der Waals surface area contributed by atoms with E-state index >= 15 is 0 Å². The molecule has 0 radical (unpaired) electrons. The molecule has 2 saturated heterocycles. The lowest BCUT2D eigenvalue weighted by atomic mass is 9.98. The fourth-order valence-corrected chi connectivity index (χ4v) is 4.51. The second-order valence-electron chi connectivity index (χ2n) is 5.93. The highest BCUT2D eigenvalue weighted by atomic mass is 32.2. The van der Waals surface area contributed by atoms with Gasteiger partial charge in [0.1, 0.15) is 0 Å². The number of nitrogens with one attached hydrogen (secondary N) is 2. The highest BCUT2D eigenvalue weighted by Crippen LogP contribution is 2.20. The van der Waals surface area contributed by atoms with Crippen LogP contribution in [0.1, 0.15) is 32.6 Å². The fourth-order valence-electron chi connectivity index (χ4n) is 3.03. The van der Waals surface area contributed by atoms with Gasteiger partial charge in [-0.15, -0.1) is 0 Å². The van der Waals surface area contributed by atoms with Gasteiger partial charge in [0.05, 0.1) is 6.10 Å². The summed E-state index contributed by atoms with van der Waals surface area (Å²) in [7, 11) is -1.40. The molecule has 2 rings (SSSR count). The van der Waals surface area contributed by atoms with Gasteiger partial charge < -0.3 is 10.1 Å². The van der Waals surface area contributed by atoms with Gasteiger partial charge in [0.25, 0.3) is 10.2 Å². The van der Waals surface area contributed by atoms with Gasteiger partial charge in [-0.05, 0) is 52.1 Å². The summed E-state index contributed by atoms with van der Waals surface area (Å²) in [6, 6.07) is 0.0128. The van der Waals surface area contributed by atoms with Crippen LogP contribution in [0.2, 0.25) is 0 Å². The van der Waals surface area contributed by atoms with Crippen molar-refractivity contribution < 1.29 is 13.2 Å². The van der Waals surface area contributed by atoms with Gasteiger partial charge >= 0.3 is 0 Å². The summed E-state index contributed by atoms with van der Waals surface area (Å²) in [5.41, 5.74) is 0. The quantitative estimate of drug-likeness (QED) is 0.767. The van der Waals surface area contributed by atoms with Crippen molar-refractivity contribution in [1.82, 2.24) is 14.3 Å². The molecule has 0 aromatic rings. The largest absolute Gasteiger partial charge is 0.378 e. The van der Waals surface area contributed by atoms with Crippen LogP contribution >= 0.6 is 0 Å². The average Bonchev–Trinajstić information content (AvgIpc) is 2.39. The lowest BCUT2D eigenvalue weighted by Gasteiger charge is -2.34. The van der Waals surface area contributed by atoms with Gasteiger partial charge in [-0.3, -0.25) is 0 Å². The molecule has 2 N–H and O–H groups in total. The molecule has 6 nitrogen and oxygen atoms in total. The van der Waals surface area contributed by atoms with E-state index in [1.54, 1.807) is 4.31 Å². The highest BCUT2D eigenvalue weighted by molar-refractivity contribution is 7.87. The van der Waals surface area contributed by atoms with Crippen molar-refractivity contribution in [3.63, 3.8) is 0 Å². The van der Waals surface area contributed by atoms with Gasteiger partial charge in [0, 0.05) is 25.7 Å². The lowest BCUT2D eigenvalue weighted by Crippen LogP contribution is -2.50. The standard InChI is InChI=1S/C13H27N3O3S/c1-11-9-13(5-8-19-11)15-20(17,18)16-6-3-12(4-7-16)10-14-2/h11-15H,3-10H2,1-2H3. The summed E-state index contributed by atoms with van der Waals surface area (Å²) in [4.78, 5) is 0. The van der Waals surface area contributed by atoms with Crippen molar-refractivity contribution in [3.8, 4) is 0 Å². The fraction of sp³-hybridized carbons (Fsp3) is 1.00. The summed E-state index contributed by atoms with van der Waals surface area (Å²) in [6.45, 7) is 4.85. The molecule has 0 spiro atoms. The molecule has 2 aliphatic heterocycles. The molecule has 7 heteroatoms. The molecule has 2 heterocycles. The third kappa shape index (κ3) is 4.39. The molecule has 2 unspecified atom stereocenters. The minimum absolute atomic E-state index is 0.0128. The summed E-state index contributed by atoms with van der Waals surface area (Å²) >= 11 is 0. The normalized spacial score (nSPS) is 30.5. The lowest BCUT2D eigenvalue weighted by molar-refractivity contribution is 0.0170. The van der Waals surface area contributed by atoms with Crippen LogP contribution in [0.3, 0.4) is 0 Å². The molecular formula is C13H27N3O3S. The monoisotopic (exact) mass is 305 g/mol. The molecular weight excluding hydrogens is 278 g/mol. The van der Waals surface area contributed by atoms with Crippen molar-refractivity contribution in [2.45, 2.75) is 44.8 Å². The third-order valence-electron chi connectivity index (χ3n) is 4.21. The van der Waals surface area contributed by atoms with Crippen LogP contribution in [0.4, 0.5) is 0 Å². The van der Waals surface area contributed by atoms with Crippen molar-refractivity contribution in [3.05, 3.63) is 0 Å². The Hall–Kier alpha value is -0.210. The Bertz CT molecular complexity index is 394. The van der Waals surface area contributed by atoms with Crippen LogP contribution in [0.15, 0.2) is 0 Å². The Morgan fingerprint density at radius 1 is 1.25 bits per heavy atom. The predicted octanol–water partition coefficient (Wildman–Crippen LogP) is 0.320. The van der Waals surface area contributed by atoms with E-state index in [0.717, 1.165) is 32.2 Å². The minimum atomic E-state index is -3.34. The minimum Gasteiger partial charge on any atom is -0.378 e. The van der Waals surface area contributed by atoms with Crippen molar-refractivity contribution in [2.75, 3.05) is 33.3 Å². The van der Waals surface area contributed by atoms with Gasteiger partial charge in [-0.1, -0.05) is 0 Å². The second-order valence-corrected chi connectivity index (χ2v) is 7.63. The average molecular weight is 305 g/mol. The highest BCUT2D eigenvalue weighted by Gasteiger charge is 2.31. The van der Waals surface area contributed by atoms with E-state index in [0.29, 0.717) is 25.6 Å². The predicted molar refractivity (Wildman–Crippen MR) is 78.7 cm³/mol. The molecule has 0 bridgehead atoms. The number of ether oxygens (including phenoxy) is 1. The Morgan fingerprint density at radius 3 is 2.55 bits per heavy atom. The van der Waals surface area contributed by atoms with Crippen LogP contribution in [0, 0.1) is 5.92 Å². The zero-order chi connectivity index (χ0) is 14.6. The Morgan fingerprint density at radius 2 is 1.95 bits per heavy atom. The maximum Gasteiger partial charge on any atom is 0.279 e. The van der Waals surface area contributed by atoms with Crippen LogP contribution in [-0.2, 0) is 14.9 Å². The van der Waals surface area contributed by atoms with Crippen molar-refractivity contribution in [1.29, 1.82) is 0 Å². The summed E-state index contributed by atoms with van der Waals surface area (Å²) in [6.07, 6.45) is 3.53. The smallest absolute Gasteiger partial charge is 0.279 e. The van der Waals surface area contributed by atoms with E-state index in [1.165, 1.54) is 0 Å². The summed E-state index contributed by atoms with van der Waals surface area (Å²) in [5, 5.41) is 3.16. The maximum absolute atomic E-state index is 12.4. The summed E-state index contributed by atoms with van der Waals surface area (Å²) in [5.74, 6) is 0.592. The number of hydrogen-bond donors (Lipinski definition) is 2. The first kappa shape index (κ1) is 16.2. The molecule has 2 atom stereocenters. The Kier molecular flexibility index (Phi) is 5.80.